The Hall–Kier alpha value is -2.04. The number of carboxylic acids is 1. The third-order valence-corrected chi connectivity index (χ3v) is 1.77. The topological polar surface area (TPSA) is 68.5 Å². The van der Waals surface area contributed by atoms with E-state index in [-0.39, 0.29) is 0 Å². The molecule has 92 valence electrons. The van der Waals surface area contributed by atoms with Gasteiger partial charge in [0, 0.05) is 12.3 Å². The zero-order chi connectivity index (χ0) is 13.1. The average molecular weight is 237 g/mol. The highest BCUT2D eigenvalue weighted by Crippen LogP contribution is 2.12. The minimum absolute atomic E-state index is 0.460. The summed E-state index contributed by atoms with van der Waals surface area (Å²) >= 11 is 0. The molecule has 0 aliphatic carbocycles. The van der Waals surface area contributed by atoms with Crippen LogP contribution in [0.25, 0.3) is 6.08 Å². The van der Waals surface area contributed by atoms with Gasteiger partial charge in [0.2, 0.25) is 0 Å². The van der Waals surface area contributed by atoms with Crippen LogP contribution in [0, 0.1) is 0 Å². The number of hydrogen-bond donors (Lipinski definition) is 1. The molecule has 0 aromatic carbocycles. The molecule has 0 bridgehead atoms. The maximum atomic E-state index is 11.7. The maximum absolute atomic E-state index is 11.7. The normalized spacial score (nSPS) is 11.7. The Labute approximate surface area is 99.3 Å². The van der Waals surface area contributed by atoms with Crippen molar-refractivity contribution < 1.29 is 19.4 Å². The van der Waals surface area contributed by atoms with E-state index in [0.29, 0.717) is 5.69 Å². The molecule has 5 nitrogen and oxygen atoms in total. The van der Waals surface area contributed by atoms with Crippen LogP contribution in [0.1, 0.15) is 26.5 Å². The Morgan fingerprint density at radius 1 is 1.41 bits per heavy atom. The second-order valence-corrected chi connectivity index (χ2v) is 4.45. The zero-order valence-electron chi connectivity index (χ0n) is 10.0. The Morgan fingerprint density at radius 3 is 2.59 bits per heavy atom. The van der Waals surface area contributed by atoms with Crippen molar-refractivity contribution in [1.29, 1.82) is 0 Å². The molecule has 1 aromatic rings. The van der Waals surface area contributed by atoms with Crippen LogP contribution in [0.3, 0.4) is 0 Å². The van der Waals surface area contributed by atoms with Gasteiger partial charge < -0.3 is 9.84 Å². The van der Waals surface area contributed by atoms with Crippen LogP contribution in [0.15, 0.2) is 24.4 Å². The molecule has 0 unspecified atom stereocenters. The number of carbonyl (C=O) groups excluding carboxylic acids is 1. The number of nitrogens with zero attached hydrogens (tertiary/aromatic N) is 1. The van der Waals surface area contributed by atoms with E-state index in [1.54, 1.807) is 32.9 Å². The van der Waals surface area contributed by atoms with E-state index in [2.05, 4.69) is 0 Å². The lowest BCUT2D eigenvalue weighted by Gasteiger charge is -2.20. The number of carboxylic acid groups (broad SMARTS) is 1. The second-order valence-electron chi connectivity index (χ2n) is 4.45. The molecule has 0 spiro atoms. The van der Waals surface area contributed by atoms with Crippen molar-refractivity contribution in [1.82, 2.24) is 4.57 Å². The van der Waals surface area contributed by atoms with Crippen molar-refractivity contribution >= 4 is 18.1 Å². The lowest BCUT2D eigenvalue weighted by molar-refractivity contribution is -0.131. The fraction of sp³-hybridized carbons (Fsp3) is 0.333. The predicted molar refractivity (Wildman–Crippen MR) is 62.7 cm³/mol. The highest BCUT2D eigenvalue weighted by molar-refractivity contribution is 5.86. The minimum atomic E-state index is -1.07. The quantitative estimate of drug-likeness (QED) is 0.802. The smallest absolute Gasteiger partial charge is 0.418 e. The molecule has 0 radical (unpaired) electrons. The van der Waals surface area contributed by atoms with Crippen LogP contribution in [-0.2, 0) is 9.53 Å². The fourth-order valence-corrected chi connectivity index (χ4v) is 1.16. The van der Waals surface area contributed by atoms with E-state index < -0.39 is 17.7 Å². The Morgan fingerprint density at radius 2 is 2.06 bits per heavy atom. The van der Waals surface area contributed by atoms with Gasteiger partial charge in [0.15, 0.2) is 0 Å². The fourth-order valence-electron chi connectivity index (χ4n) is 1.16. The molecule has 0 amide bonds. The van der Waals surface area contributed by atoms with Crippen LogP contribution in [0.5, 0.6) is 0 Å². The van der Waals surface area contributed by atoms with Gasteiger partial charge in [-0.25, -0.2) is 9.59 Å². The van der Waals surface area contributed by atoms with Crippen molar-refractivity contribution in [3.8, 4) is 0 Å². The number of ether oxygens (including phenoxy) is 1. The largest absolute Gasteiger partial charge is 0.478 e. The molecular weight excluding hydrogens is 222 g/mol. The van der Waals surface area contributed by atoms with Crippen molar-refractivity contribution in [2.24, 2.45) is 0 Å². The van der Waals surface area contributed by atoms with E-state index in [1.165, 1.54) is 16.8 Å². The van der Waals surface area contributed by atoms with Crippen LogP contribution in [0.2, 0.25) is 0 Å². The first-order valence-electron chi connectivity index (χ1n) is 5.11. The Balaban J connectivity index is 2.89. The van der Waals surface area contributed by atoms with Crippen LogP contribution in [-0.4, -0.2) is 27.3 Å². The van der Waals surface area contributed by atoms with Gasteiger partial charge in [0.25, 0.3) is 0 Å². The summed E-state index contributed by atoms with van der Waals surface area (Å²) in [6.07, 6.45) is 3.30. The average Bonchev–Trinajstić information content (AvgIpc) is 2.59. The van der Waals surface area contributed by atoms with Gasteiger partial charge in [-0.05, 0) is 39.0 Å². The standard InChI is InChI=1S/C12H15NO4/c1-12(2,3)17-11(16)13-8-4-5-9(13)6-7-10(14)15/h4-8H,1-3H3,(H,14,15)/b7-6-. The summed E-state index contributed by atoms with van der Waals surface area (Å²) in [6, 6.07) is 3.27. The third-order valence-electron chi connectivity index (χ3n) is 1.77. The highest BCUT2D eigenvalue weighted by Gasteiger charge is 2.18. The first-order valence-corrected chi connectivity index (χ1v) is 5.11. The van der Waals surface area contributed by atoms with Gasteiger partial charge >= 0.3 is 12.1 Å². The zero-order valence-corrected chi connectivity index (χ0v) is 10.0. The van der Waals surface area contributed by atoms with Crippen molar-refractivity contribution in [3.05, 3.63) is 30.1 Å². The molecule has 1 rings (SSSR count). The number of aliphatic carboxylic acids is 1. The Kier molecular flexibility index (Phi) is 3.73. The van der Waals surface area contributed by atoms with Gasteiger partial charge in [-0.15, -0.1) is 0 Å². The summed E-state index contributed by atoms with van der Waals surface area (Å²) in [6.45, 7) is 5.30. The lowest BCUT2D eigenvalue weighted by Crippen LogP contribution is -2.27. The molecule has 0 atom stereocenters. The van der Waals surface area contributed by atoms with Gasteiger partial charge in [-0.2, -0.15) is 0 Å². The summed E-state index contributed by atoms with van der Waals surface area (Å²) in [5, 5.41) is 8.52. The van der Waals surface area contributed by atoms with Gasteiger partial charge in [0.1, 0.15) is 5.60 Å². The van der Waals surface area contributed by atoms with Crippen LogP contribution in [0.4, 0.5) is 4.79 Å². The van der Waals surface area contributed by atoms with Crippen molar-refractivity contribution in [2.45, 2.75) is 26.4 Å². The van der Waals surface area contributed by atoms with E-state index in [9.17, 15) is 9.59 Å². The Bertz CT molecular complexity index is 451. The molecule has 0 fully saturated rings. The van der Waals surface area contributed by atoms with Crippen molar-refractivity contribution in [2.75, 3.05) is 0 Å². The van der Waals surface area contributed by atoms with Gasteiger partial charge in [-0.1, -0.05) is 0 Å². The molecule has 1 N–H and O–H groups in total. The number of rotatable bonds is 2. The first-order chi connectivity index (χ1) is 7.79. The lowest BCUT2D eigenvalue weighted by atomic mass is 10.2. The van der Waals surface area contributed by atoms with Crippen molar-refractivity contribution in [3.63, 3.8) is 0 Å². The monoisotopic (exact) mass is 237 g/mol. The van der Waals surface area contributed by atoms with E-state index in [0.717, 1.165) is 6.08 Å². The number of aromatic nitrogens is 1. The van der Waals surface area contributed by atoms with Gasteiger partial charge in [-0.3, -0.25) is 4.57 Å². The molecule has 0 aliphatic rings. The predicted octanol–water partition coefficient (Wildman–Crippen LogP) is 2.37. The molecule has 17 heavy (non-hydrogen) atoms. The summed E-state index contributed by atoms with van der Waals surface area (Å²) in [5.74, 6) is -1.07. The SMILES string of the molecule is CC(C)(C)OC(=O)n1cccc1/C=C\C(=O)O. The third kappa shape index (κ3) is 4.14. The van der Waals surface area contributed by atoms with Gasteiger partial charge in [0.05, 0.1) is 5.69 Å². The maximum Gasteiger partial charge on any atom is 0.418 e. The number of carbonyl (C=O) groups is 2. The molecule has 1 aromatic heterocycles. The molecule has 0 saturated carbocycles. The highest BCUT2D eigenvalue weighted by atomic mass is 16.6. The summed E-state index contributed by atoms with van der Waals surface area (Å²) in [5.41, 5.74) is -0.128. The first kappa shape index (κ1) is 13.0. The van der Waals surface area contributed by atoms with Crippen LogP contribution < -0.4 is 0 Å². The molecule has 0 aliphatic heterocycles. The molecule has 1 heterocycles. The summed E-state index contributed by atoms with van der Waals surface area (Å²) in [4.78, 5) is 22.1. The molecule has 5 heteroatoms. The minimum Gasteiger partial charge on any atom is -0.478 e. The second kappa shape index (κ2) is 4.86. The summed E-state index contributed by atoms with van der Waals surface area (Å²) in [7, 11) is 0. The number of hydrogen-bond acceptors (Lipinski definition) is 3. The van der Waals surface area contributed by atoms with E-state index in [1.807, 2.05) is 0 Å². The van der Waals surface area contributed by atoms with E-state index in [4.69, 9.17) is 9.84 Å². The molecule has 0 saturated heterocycles. The van der Waals surface area contributed by atoms with E-state index >= 15 is 0 Å². The van der Waals surface area contributed by atoms with Crippen LogP contribution >= 0.6 is 0 Å². The summed E-state index contributed by atoms with van der Waals surface area (Å²) < 4.78 is 6.43. The molecular formula is C12H15NO4.